The molecule has 0 amide bonds. The molecule has 1 heterocycles. The Kier molecular flexibility index (Phi) is 9.81. The van der Waals surface area contributed by atoms with Crippen LogP contribution in [0.25, 0.3) is 10.8 Å². The first-order valence-corrected chi connectivity index (χ1v) is 10.7. The van der Waals surface area contributed by atoms with E-state index in [-0.39, 0.29) is 11.1 Å². The number of rotatable bonds is 13. The van der Waals surface area contributed by atoms with Gasteiger partial charge in [0, 0.05) is 6.42 Å². The molecule has 0 atom stereocenters. The van der Waals surface area contributed by atoms with Crippen molar-refractivity contribution in [2.45, 2.75) is 78.1 Å². The van der Waals surface area contributed by atoms with Crippen molar-refractivity contribution in [2.24, 2.45) is 0 Å². The minimum Gasteiger partial charge on any atom is -0.490 e. The third-order valence-electron chi connectivity index (χ3n) is 4.80. The second kappa shape index (κ2) is 12.4. The first-order chi connectivity index (χ1) is 13.7. The van der Waals surface area contributed by atoms with Gasteiger partial charge in [-0.2, -0.15) is 0 Å². The summed E-state index contributed by atoms with van der Waals surface area (Å²) in [6.45, 7) is 4.67. The zero-order chi connectivity index (χ0) is 20.2. The summed E-state index contributed by atoms with van der Waals surface area (Å²) in [5.74, 6) is 0.124. The summed E-state index contributed by atoms with van der Waals surface area (Å²) < 4.78 is 25.4. The molecule has 3 nitrogen and oxygen atoms in total. The zero-order valence-electron chi connectivity index (χ0n) is 17.3. The Bertz CT molecular complexity index is 807. The van der Waals surface area contributed by atoms with Crippen LogP contribution in [-0.4, -0.2) is 6.61 Å². The molecule has 28 heavy (non-hydrogen) atoms. The molecule has 0 unspecified atom stereocenters. The molecular formula is C24H33FO3. The van der Waals surface area contributed by atoms with E-state index in [1.165, 1.54) is 19.3 Å². The number of fused-ring (bicyclic) bond motifs is 1. The van der Waals surface area contributed by atoms with Crippen LogP contribution in [0.5, 0.6) is 5.75 Å². The first-order valence-electron chi connectivity index (χ1n) is 10.7. The molecule has 0 aliphatic carbocycles. The van der Waals surface area contributed by atoms with Gasteiger partial charge in [0.05, 0.1) is 6.61 Å². The van der Waals surface area contributed by atoms with E-state index in [4.69, 9.17) is 9.15 Å². The number of hydrogen-bond donors (Lipinski definition) is 0. The predicted octanol–water partition coefficient (Wildman–Crippen LogP) is 6.96. The summed E-state index contributed by atoms with van der Waals surface area (Å²) in [6.07, 6.45) is 14.9. The first kappa shape index (κ1) is 22.2. The van der Waals surface area contributed by atoms with Crippen molar-refractivity contribution in [3.8, 4) is 5.75 Å². The molecule has 0 saturated heterocycles. The number of ether oxygens (including phenoxy) is 1. The molecule has 0 N–H and O–H groups in total. The van der Waals surface area contributed by atoms with Crippen molar-refractivity contribution >= 4 is 10.8 Å². The number of benzene rings is 1. The fourth-order valence-corrected chi connectivity index (χ4v) is 3.15. The Morgan fingerprint density at radius 3 is 2.57 bits per heavy atom. The highest BCUT2D eigenvalue weighted by Crippen LogP contribution is 2.25. The largest absolute Gasteiger partial charge is 0.490 e. The summed E-state index contributed by atoms with van der Waals surface area (Å²) in [7, 11) is 0. The molecule has 0 fully saturated rings. The highest BCUT2D eigenvalue weighted by Gasteiger charge is 2.14. The van der Waals surface area contributed by atoms with E-state index in [0.29, 0.717) is 24.2 Å². The van der Waals surface area contributed by atoms with Gasteiger partial charge in [-0.3, -0.25) is 0 Å². The maximum absolute atomic E-state index is 14.6. The molecule has 0 aliphatic rings. The van der Waals surface area contributed by atoms with Gasteiger partial charge in [0.2, 0.25) is 0 Å². The van der Waals surface area contributed by atoms with Gasteiger partial charge < -0.3 is 9.15 Å². The highest BCUT2D eigenvalue weighted by atomic mass is 19.1. The highest BCUT2D eigenvalue weighted by molar-refractivity contribution is 5.83. The third-order valence-corrected chi connectivity index (χ3v) is 4.80. The lowest BCUT2D eigenvalue weighted by Crippen LogP contribution is -2.07. The minimum absolute atomic E-state index is 0.0170. The van der Waals surface area contributed by atoms with Crippen molar-refractivity contribution in [2.75, 3.05) is 6.61 Å². The second-order valence-electron chi connectivity index (χ2n) is 7.26. The predicted molar refractivity (Wildman–Crippen MR) is 114 cm³/mol. The Morgan fingerprint density at radius 2 is 1.79 bits per heavy atom. The Balaban J connectivity index is 1.89. The van der Waals surface area contributed by atoms with Crippen molar-refractivity contribution < 1.29 is 13.5 Å². The van der Waals surface area contributed by atoms with E-state index in [1.54, 1.807) is 18.2 Å². The summed E-state index contributed by atoms with van der Waals surface area (Å²) in [4.78, 5) is 12.3. The molecule has 1 aromatic carbocycles. The van der Waals surface area contributed by atoms with Crippen molar-refractivity contribution in [3.05, 3.63) is 52.3 Å². The minimum atomic E-state index is -0.620. The van der Waals surface area contributed by atoms with Crippen LogP contribution in [0.15, 0.2) is 39.6 Å². The third kappa shape index (κ3) is 6.81. The quantitative estimate of drug-likeness (QED) is 0.275. The summed E-state index contributed by atoms with van der Waals surface area (Å²) in [5, 5.41) is 0.560. The van der Waals surface area contributed by atoms with E-state index < -0.39 is 11.4 Å². The van der Waals surface area contributed by atoms with Crippen LogP contribution in [-0.2, 0) is 6.42 Å². The summed E-state index contributed by atoms with van der Waals surface area (Å²) in [6, 6.07) is 5.12. The number of hydrogen-bond acceptors (Lipinski definition) is 3. The van der Waals surface area contributed by atoms with Gasteiger partial charge in [-0.1, -0.05) is 57.7 Å². The van der Waals surface area contributed by atoms with Crippen LogP contribution in [0.3, 0.4) is 0 Å². The Hall–Kier alpha value is -2.10. The molecule has 0 radical (unpaired) electrons. The van der Waals surface area contributed by atoms with Gasteiger partial charge >= 0.3 is 5.63 Å². The lowest BCUT2D eigenvalue weighted by molar-refractivity contribution is 0.295. The Morgan fingerprint density at radius 1 is 1.00 bits per heavy atom. The SMILES string of the molecule is CCC/C=C/CCCCCCc1cc2ccc(OCCCC)c(F)c2c(=O)o1. The monoisotopic (exact) mass is 388 g/mol. The van der Waals surface area contributed by atoms with E-state index in [1.807, 2.05) is 6.92 Å². The summed E-state index contributed by atoms with van der Waals surface area (Å²) in [5.41, 5.74) is -0.619. The molecule has 154 valence electrons. The van der Waals surface area contributed by atoms with Crippen molar-refractivity contribution in [3.63, 3.8) is 0 Å². The number of halogens is 1. The number of aryl methyl sites for hydroxylation is 1. The van der Waals surface area contributed by atoms with Gasteiger partial charge in [0.25, 0.3) is 0 Å². The van der Waals surface area contributed by atoms with E-state index in [2.05, 4.69) is 19.1 Å². The van der Waals surface area contributed by atoms with Gasteiger partial charge in [-0.05, 0) is 49.6 Å². The molecule has 0 bridgehead atoms. The molecule has 0 saturated carbocycles. The van der Waals surface area contributed by atoms with Gasteiger partial charge in [-0.25, -0.2) is 9.18 Å². The van der Waals surface area contributed by atoms with Crippen molar-refractivity contribution in [1.29, 1.82) is 0 Å². The molecule has 0 spiro atoms. The smallest absolute Gasteiger partial charge is 0.346 e. The Labute approximate surface area is 167 Å². The molecule has 2 rings (SSSR count). The maximum Gasteiger partial charge on any atom is 0.346 e. The lowest BCUT2D eigenvalue weighted by Gasteiger charge is -2.09. The maximum atomic E-state index is 14.6. The average molecular weight is 389 g/mol. The molecule has 4 heteroatoms. The van der Waals surface area contributed by atoms with E-state index in [0.717, 1.165) is 38.5 Å². The van der Waals surface area contributed by atoms with Crippen LogP contribution in [0.4, 0.5) is 4.39 Å². The average Bonchev–Trinajstić information content (AvgIpc) is 2.68. The standard InChI is InChI=1S/C24H33FO3/c1-3-5-7-8-9-10-11-12-13-14-20-18-19-15-16-21(27-17-6-4-2)23(25)22(19)24(26)28-20/h7-8,15-16,18H,3-6,9-14,17H2,1-2H3/b8-7+. The second-order valence-corrected chi connectivity index (χ2v) is 7.26. The van der Waals surface area contributed by atoms with E-state index >= 15 is 0 Å². The fourth-order valence-electron chi connectivity index (χ4n) is 3.15. The van der Waals surface area contributed by atoms with Crippen LogP contribution < -0.4 is 10.4 Å². The van der Waals surface area contributed by atoms with Gasteiger partial charge in [0.1, 0.15) is 11.1 Å². The topological polar surface area (TPSA) is 39.4 Å². The summed E-state index contributed by atoms with van der Waals surface area (Å²) >= 11 is 0. The van der Waals surface area contributed by atoms with Gasteiger partial charge in [0.15, 0.2) is 11.6 Å². The van der Waals surface area contributed by atoms with E-state index in [9.17, 15) is 9.18 Å². The van der Waals surface area contributed by atoms with Crippen LogP contribution in [0.2, 0.25) is 0 Å². The van der Waals surface area contributed by atoms with Crippen molar-refractivity contribution in [1.82, 2.24) is 0 Å². The molecular weight excluding hydrogens is 355 g/mol. The molecule has 0 aliphatic heterocycles. The molecule has 1 aromatic heterocycles. The fraction of sp³-hybridized carbons (Fsp3) is 0.542. The van der Waals surface area contributed by atoms with Crippen LogP contribution >= 0.6 is 0 Å². The normalized spacial score (nSPS) is 11.5. The van der Waals surface area contributed by atoms with Crippen LogP contribution in [0, 0.1) is 5.82 Å². The number of unbranched alkanes of at least 4 members (excludes halogenated alkanes) is 6. The number of allylic oxidation sites excluding steroid dienone is 2. The zero-order valence-corrected chi connectivity index (χ0v) is 17.3. The molecule has 2 aromatic rings. The van der Waals surface area contributed by atoms with Crippen LogP contribution in [0.1, 0.15) is 77.4 Å². The van der Waals surface area contributed by atoms with Gasteiger partial charge in [-0.15, -0.1) is 0 Å². The lowest BCUT2D eigenvalue weighted by atomic mass is 10.1.